The fourth-order valence-corrected chi connectivity index (χ4v) is 2.35. The molecular weight excluding hydrogens is 270 g/mol. The molecule has 5 nitrogen and oxygen atoms in total. The van der Waals surface area contributed by atoms with Crippen LogP contribution in [0.15, 0.2) is 24.3 Å². The number of hydrogen-bond acceptors (Lipinski definition) is 4. The Morgan fingerprint density at radius 3 is 2.62 bits per heavy atom. The lowest BCUT2D eigenvalue weighted by molar-refractivity contribution is -0.134. The first-order valence-electron chi connectivity index (χ1n) is 7.39. The molecule has 1 aromatic carbocycles. The van der Waals surface area contributed by atoms with Crippen molar-refractivity contribution in [3.63, 3.8) is 0 Å². The van der Waals surface area contributed by atoms with Gasteiger partial charge < -0.3 is 19.1 Å². The summed E-state index contributed by atoms with van der Waals surface area (Å²) in [6.07, 6.45) is 2.29. The van der Waals surface area contributed by atoms with Gasteiger partial charge in [-0.25, -0.2) is 0 Å². The topological polar surface area (TPSA) is 48.0 Å². The fourth-order valence-electron chi connectivity index (χ4n) is 2.35. The van der Waals surface area contributed by atoms with Crippen molar-refractivity contribution in [3.8, 4) is 11.5 Å². The predicted molar refractivity (Wildman–Crippen MR) is 79.7 cm³/mol. The lowest BCUT2D eigenvalue weighted by Gasteiger charge is -2.24. The molecule has 0 aliphatic carbocycles. The monoisotopic (exact) mass is 293 g/mol. The van der Waals surface area contributed by atoms with Crippen LogP contribution in [0.4, 0.5) is 0 Å². The van der Waals surface area contributed by atoms with Crippen molar-refractivity contribution in [1.29, 1.82) is 0 Å². The number of hydrogen-bond donors (Lipinski definition) is 0. The molecule has 1 aromatic rings. The molecule has 21 heavy (non-hydrogen) atoms. The van der Waals surface area contributed by atoms with Crippen molar-refractivity contribution in [3.05, 3.63) is 24.3 Å². The van der Waals surface area contributed by atoms with E-state index in [1.54, 1.807) is 24.1 Å². The molecule has 1 aliphatic rings. The van der Waals surface area contributed by atoms with Gasteiger partial charge in [-0.05, 0) is 44.0 Å². The van der Waals surface area contributed by atoms with Crippen LogP contribution in [0, 0.1) is 0 Å². The number of ether oxygens (including phenoxy) is 3. The highest BCUT2D eigenvalue weighted by atomic mass is 16.5. The van der Waals surface area contributed by atoms with Crippen LogP contribution >= 0.6 is 0 Å². The van der Waals surface area contributed by atoms with E-state index in [4.69, 9.17) is 14.2 Å². The molecule has 1 aliphatic heterocycles. The summed E-state index contributed by atoms with van der Waals surface area (Å²) in [5.74, 6) is 1.42. The van der Waals surface area contributed by atoms with Gasteiger partial charge in [0.15, 0.2) is 6.61 Å². The highest BCUT2D eigenvalue weighted by Gasteiger charge is 2.21. The predicted octanol–water partition coefficient (Wildman–Crippen LogP) is 2.10. The third-order valence-corrected chi connectivity index (χ3v) is 3.60. The van der Waals surface area contributed by atoms with E-state index in [2.05, 4.69) is 0 Å². The van der Waals surface area contributed by atoms with E-state index in [1.165, 1.54) is 0 Å². The van der Waals surface area contributed by atoms with Gasteiger partial charge in [-0.1, -0.05) is 0 Å². The zero-order valence-electron chi connectivity index (χ0n) is 12.7. The Balaban J connectivity index is 1.80. The number of benzene rings is 1. The summed E-state index contributed by atoms with van der Waals surface area (Å²) in [6, 6.07) is 7.21. The van der Waals surface area contributed by atoms with Crippen LogP contribution in [0.5, 0.6) is 11.5 Å². The van der Waals surface area contributed by atoms with Crippen molar-refractivity contribution in [2.75, 3.05) is 33.4 Å². The van der Waals surface area contributed by atoms with Crippen LogP contribution < -0.4 is 9.47 Å². The summed E-state index contributed by atoms with van der Waals surface area (Å²) >= 11 is 0. The smallest absolute Gasteiger partial charge is 0.260 e. The van der Waals surface area contributed by atoms with Crippen LogP contribution in [-0.4, -0.2) is 50.3 Å². The summed E-state index contributed by atoms with van der Waals surface area (Å²) in [6.45, 7) is 4.15. The van der Waals surface area contributed by atoms with Crippen molar-refractivity contribution in [1.82, 2.24) is 4.90 Å². The second kappa shape index (κ2) is 7.88. The van der Waals surface area contributed by atoms with Gasteiger partial charge in [-0.2, -0.15) is 0 Å². The average molecular weight is 293 g/mol. The van der Waals surface area contributed by atoms with Gasteiger partial charge in [0.2, 0.25) is 0 Å². The maximum atomic E-state index is 12.2. The number of carbonyl (C=O) groups excluding carboxylic acids is 1. The standard InChI is InChI=1S/C16H23NO4/c1-3-17(11-15-5-4-10-20-15)16(18)12-21-14-8-6-13(19-2)7-9-14/h6-9,15H,3-5,10-12H2,1-2H3. The largest absolute Gasteiger partial charge is 0.497 e. The highest BCUT2D eigenvalue weighted by molar-refractivity contribution is 5.77. The van der Waals surface area contributed by atoms with Crippen LogP contribution in [-0.2, 0) is 9.53 Å². The molecule has 1 amide bonds. The Morgan fingerprint density at radius 2 is 2.05 bits per heavy atom. The molecule has 1 saturated heterocycles. The van der Waals surface area contributed by atoms with Crippen molar-refractivity contribution < 1.29 is 19.0 Å². The molecule has 1 heterocycles. The first kappa shape index (κ1) is 15.6. The van der Waals surface area contributed by atoms with Crippen molar-refractivity contribution >= 4 is 5.91 Å². The summed E-state index contributed by atoms with van der Waals surface area (Å²) in [5, 5.41) is 0. The minimum atomic E-state index is -0.0104. The fraction of sp³-hybridized carbons (Fsp3) is 0.562. The van der Waals surface area contributed by atoms with Crippen LogP contribution in [0.2, 0.25) is 0 Å². The molecule has 0 bridgehead atoms. The zero-order valence-corrected chi connectivity index (χ0v) is 12.7. The van der Waals surface area contributed by atoms with Gasteiger partial charge in [0.05, 0.1) is 13.2 Å². The van der Waals surface area contributed by atoms with Crippen molar-refractivity contribution in [2.24, 2.45) is 0 Å². The number of likely N-dealkylation sites (N-methyl/N-ethyl adjacent to an activating group) is 1. The molecule has 0 saturated carbocycles. The molecule has 0 radical (unpaired) electrons. The number of amides is 1. The van der Waals surface area contributed by atoms with E-state index in [0.717, 1.165) is 25.2 Å². The Hall–Kier alpha value is -1.75. The lowest BCUT2D eigenvalue weighted by atomic mass is 10.2. The summed E-state index contributed by atoms with van der Waals surface area (Å²) < 4.78 is 16.2. The third-order valence-electron chi connectivity index (χ3n) is 3.60. The van der Waals surface area contributed by atoms with Gasteiger partial charge in [0.25, 0.3) is 5.91 Å². The molecule has 1 fully saturated rings. The molecule has 2 rings (SSSR count). The first-order valence-corrected chi connectivity index (χ1v) is 7.39. The zero-order chi connectivity index (χ0) is 15.1. The molecule has 116 valence electrons. The quantitative estimate of drug-likeness (QED) is 0.772. The summed E-state index contributed by atoms with van der Waals surface area (Å²) in [5.41, 5.74) is 0. The molecule has 1 atom stereocenters. The van der Waals surface area contributed by atoms with E-state index >= 15 is 0 Å². The molecule has 5 heteroatoms. The number of rotatable bonds is 7. The van der Waals surface area contributed by atoms with Gasteiger partial charge in [-0.3, -0.25) is 4.79 Å². The number of nitrogens with zero attached hydrogens (tertiary/aromatic N) is 1. The molecule has 0 spiro atoms. The second-order valence-corrected chi connectivity index (χ2v) is 5.03. The minimum absolute atomic E-state index is 0.0104. The number of methoxy groups -OCH3 is 1. The molecule has 0 N–H and O–H groups in total. The Morgan fingerprint density at radius 1 is 1.33 bits per heavy atom. The highest BCUT2D eigenvalue weighted by Crippen LogP contribution is 2.17. The van der Waals surface area contributed by atoms with Crippen LogP contribution in [0.1, 0.15) is 19.8 Å². The maximum absolute atomic E-state index is 12.2. The van der Waals surface area contributed by atoms with Crippen LogP contribution in [0.3, 0.4) is 0 Å². The normalized spacial score (nSPS) is 17.5. The van der Waals surface area contributed by atoms with Crippen molar-refractivity contribution in [2.45, 2.75) is 25.9 Å². The second-order valence-electron chi connectivity index (χ2n) is 5.03. The molecule has 0 aromatic heterocycles. The van der Waals surface area contributed by atoms with Gasteiger partial charge >= 0.3 is 0 Å². The summed E-state index contributed by atoms with van der Waals surface area (Å²) in [4.78, 5) is 14.0. The van der Waals surface area contributed by atoms with E-state index < -0.39 is 0 Å². The summed E-state index contributed by atoms with van der Waals surface area (Å²) in [7, 11) is 1.61. The Bertz CT molecular complexity index is 440. The lowest BCUT2D eigenvalue weighted by Crippen LogP contribution is -2.39. The minimum Gasteiger partial charge on any atom is -0.497 e. The maximum Gasteiger partial charge on any atom is 0.260 e. The van der Waals surface area contributed by atoms with Gasteiger partial charge in [-0.15, -0.1) is 0 Å². The third kappa shape index (κ3) is 4.63. The molecular formula is C16H23NO4. The van der Waals surface area contributed by atoms with Gasteiger partial charge in [0, 0.05) is 19.7 Å². The van der Waals surface area contributed by atoms with E-state index in [9.17, 15) is 4.79 Å². The van der Waals surface area contributed by atoms with Gasteiger partial charge in [0.1, 0.15) is 11.5 Å². The van der Waals surface area contributed by atoms with E-state index in [0.29, 0.717) is 18.8 Å². The number of carbonyl (C=O) groups is 1. The average Bonchev–Trinajstić information content (AvgIpc) is 3.03. The Kier molecular flexibility index (Phi) is 5.87. The van der Waals surface area contributed by atoms with E-state index in [1.807, 2.05) is 19.1 Å². The SMILES string of the molecule is CCN(CC1CCCO1)C(=O)COc1ccc(OC)cc1. The Labute approximate surface area is 125 Å². The van der Waals surface area contributed by atoms with Crippen LogP contribution in [0.25, 0.3) is 0 Å². The van der Waals surface area contributed by atoms with E-state index in [-0.39, 0.29) is 18.6 Å². The molecule has 1 unspecified atom stereocenters. The first-order chi connectivity index (χ1) is 10.2.